The molecular weight excluding hydrogens is 367 g/mol. The first-order chi connectivity index (χ1) is 9.11. The molecule has 0 saturated carbocycles. The fraction of sp³-hybridized carbons (Fsp3) is 0.467. The number of aryl methyl sites for hydroxylation is 1. The summed E-state index contributed by atoms with van der Waals surface area (Å²) in [7, 11) is 0. The standard InChI is InChI=1S/C15H21IN2O2/c1-9-8-11(16)6-7-12(9)18-13(19)10(2)17-14(20)15(3,4)5/h6-8,10H,1-5H3,(H,17,20)(H,18,19). The Morgan fingerprint density at radius 1 is 1.25 bits per heavy atom. The zero-order valence-corrected chi connectivity index (χ0v) is 14.7. The number of hydrogen-bond donors (Lipinski definition) is 2. The van der Waals surface area contributed by atoms with Gasteiger partial charge < -0.3 is 10.6 Å². The maximum Gasteiger partial charge on any atom is 0.246 e. The maximum absolute atomic E-state index is 12.1. The van der Waals surface area contributed by atoms with Crippen LogP contribution >= 0.6 is 22.6 Å². The Morgan fingerprint density at radius 2 is 1.85 bits per heavy atom. The van der Waals surface area contributed by atoms with Crippen molar-refractivity contribution in [2.75, 3.05) is 5.32 Å². The van der Waals surface area contributed by atoms with Crippen LogP contribution in [0.5, 0.6) is 0 Å². The van der Waals surface area contributed by atoms with Gasteiger partial charge in [-0.05, 0) is 60.2 Å². The van der Waals surface area contributed by atoms with E-state index in [0.717, 1.165) is 14.8 Å². The normalized spacial score (nSPS) is 12.7. The van der Waals surface area contributed by atoms with Gasteiger partial charge in [-0.2, -0.15) is 0 Å². The fourth-order valence-electron chi connectivity index (χ4n) is 1.49. The molecule has 1 aromatic rings. The van der Waals surface area contributed by atoms with Gasteiger partial charge in [0.2, 0.25) is 11.8 Å². The molecule has 0 fully saturated rings. The summed E-state index contributed by atoms with van der Waals surface area (Å²) in [5.74, 6) is -0.355. The second-order valence-electron chi connectivity index (χ2n) is 5.89. The molecule has 5 heteroatoms. The molecule has 2 amide bonds. The van der Waals surface area contributed by atoms with E-state index >= 15 is 0 Å². The molecule has 0 bridgehead atoms. The highest BCUT2D eigenvalue weighted by Crippen LogP contribution is 2.18. The lowest BCUT2D eigenvalue weighted by Crippen LogP contribution is -2.46. The third-order valence-corrected chi connectivity index (χ3v) is 3.54. The van der Waals surface area contributed by atoms with Crippen molar-refractivity contribution in [1.29, 1.82) is 0 Å². The summed E-state index contributed by atoms with van der Waals surface area (Å²) in [4.78, 5) is 23.9. The van der Waals surface area contributed by atoms with Crippen LogP contribution in [-0.2, 0) is 9.59 Å². The number of halogens is 1. The second-order valence-corrected chi connectivity index (χ2v) is 7.14. The van der Waals surface area contributed by atoms with E-state index in [4.69, 9.17) is 0 Å². The summed E-state index contributed by atoms with van der Waals surface area (Å²) in [6, 6.07) is 5.23. The van der Waals surface area contributed by atoms with Gasteiger partial charge in [-0.15, -0.1) is 0 Å². The van der Waals surface area contributed by atoms with Crippen LogP contribution in [0.2, 0.25) is 0 Å². The van der Waals surface area contributed by atoms with Crippen LogP contribution in [0.1, 0.15) is 33.3 Å². The van der Waals surface area contributed by atoms with E-state index in [-0.39, 0.29) is 11.8 Å². The van der Waals surface area contributed by atoms with Gasteiger partial charge in [0.25, 0.3) is 0 Å². The van der Waals surface area contributed by atoms with Crippen molar-refractivity contribution in [3.05, 3.63) is 27.3 Å². The molecule has 0 saturated heterocycles. The van der Waals surface area contributed by atoms with Gasteiger partial charge in [-0.25, -0.2) is 0 Å². The van der Waals surface area contributed by atoms with Gasteiger partial charge in [0, 0.05) is 14.7 Å². The van der Waals surface area contributed by atoms with Gasteiger partial charge >= 0.3 is 0 Å². The summed E-state index contributed by atoms with van der Waals surface area (Å²) >= 11 is 2.22. The zero-order chi connectivity index (χ0) is 15.5. The van der Waals surface area contributed by atoms with E-state index in [0.29, 0.717) is 0 Å². The molecular formula is C15H21IN2O2. The molecule has 0 spiro atoms. The maximum atomic E-state index is 12.1. The van der Waals surface area contributed by atoms with Crippen LogP contribution in [0.3, 0.4) is 0 Å². The van der Waals surface area contributed by atoms with Crippen molar-refractivity contribution in [2.45, 2.75) is 40.7 Å². The van der Waals surface area contributed by atoms with Crippen LogP contribution in [-0.4, -0.2) is 17.9 Å². The fourth-order valence-corrected chi connectivity index (χ4v) is 2.13. The molecule has 0 aliphatic carbocycles. The molecule has 0 heterocycles. The van der Waals surface area contributed by atoms with Crippen LogP contribution in [0.15, 0.2) is 18.2 Å². The van der Waals surface area contributed by atoms with Gasteiger partial charge in [-0.1, -0.05) is 20.8 Å². The van der Waals surface area contributed by atoms with E-state index in [9.17, 15) is 9.59 Å². The summed E-state index contributed by atoms with van der Waals surface area (Å²) in [6.07, 6.45) is 0. The number of carbonyl (C=O) groups excluding carboxylic acids is 2. The average Bonchev–Trinajstić information content (AvgIpc) is 2.31. The molecule has 0 aliphatic rings. The van der Waals surface area contributed by atoms with Crippen LogP contribution in [0, 0.1) is 15.9 Å². The first-order valence-corrected chi connectivity index (χ1v) is 7.57. The minimum atomic E-state index is -0.569. The van der Waals surface area contributed by atoms with Gasteiger partial charge in [0.1, 0.15) is 6.04 Å². The van der Waals surface area contributed by atoms with Gasteiger partial charge in [0.15, 0.2) is 0 Å². The average molecular weight is 388 g/mol. The Hall–Kier alpha value is -1.11. The zero-order valence-electron chi connectivity index (χ0n) is 12.5. The third-order valence-electron chi connectivity index (χ3n) is 2.87. The minimum Gasteiger partial charge on any atom is -0.344 e. The molecule has 1 aromatic carbocycles. The van der Waals surface area contributed by atoms with Crippen molar-refractivity contribution < 1.29 is 9.59 Å². The number of hydrogen-bond acceptors (Lipinski definition) is 2. The summed E-state index contributed by atoms with van der Waals surface area (Å²) in [5.41, 5.74) is 1.26. The largest absolute Gasteiger partial charge is 0.344 e. The third kappa shape index (κ3) is 4.77. The lowest BCUT2D eigenvalue weighted by atomic mass is 9.95. The minimum absolute atomic E-state index is 0.139. The van der Waals surface area contributed by atoms with E-state index in [2.05, 4.69) is 33.2 Å². The molecule has 1 unspecified atom stereocenters. The smallest absolute Gasteiger partial charge is 0.246 e. The second kappa shape index (κ2) is 6.56. The Labute approximate surface area is 133 Å². The van der Waals surface area contributed by atoms with Crippen LogP contribution < -0.4 is 10.6 Å². The SMILES string of the molecule is Cc1cc(I)ccc1NC(=O)C(C)NC(=O)C(C)(C)C. The highest BCUT2D eigenvalue weighted by atomic mass is 127. The molecule has 1 atom stereocenters. The summed E-state index contributed by atoms with van der Waals surface area (Å²) < 4.78 is 1.12. The molecule has 110 valence electrons. The van der Waals surface area contributed by atoms with Crippen molar-refractivity contribution in [2.24, 2.45) is 5.41 Å². The molecule has 0 aliphatic heterocycles. The summed E-state index contributed by atoms with van der Waals surface area (Å²) in [5, 5.41) is 5.56. The predicted octanol–water partition coefficient (Wildman–Crippen LogP) is 3.09. The monoisotopic (exact) mass is 388 g/mol. The first kappa shape index (κ1) is 16.9. The first-order valence-electron chi connectivity index (χ1n) is 6.49. The number of anilines is 1. The Kier molecular flexibility index (Phi) is 5.56. The number of carbonyl (C=O) groups is 2. The van der Waals surface area contributed by atoms with Crippen molar-refractivity contribution in [3.63, 3.8) is 0 Å². The van der Waals surface area contributed by atoms with E-state index in [1.54, 1.807) is 6.92 Å². The number of benzene rings is 1. The number of nitrogens with one attached hydrogen (secondary N) is 2. The topological polar surface area (TPSA) is 58.2 Å². The van der Waals surface area contributed by atoms with E-state index < -0.39 is 11.5 Å². The Bertz CT molecular complexity index is 521. The van der Waals surface area contributed by atoms with Crippen LogP contribution in [0.4, 0.5) is 5.69 Å². The van der Waals surface area contributed by atoms with E-state index in [1.807, 2.05) is 45.9 Å². The Morgan fingerprint density at radius 3 is 2.35 bits per heavy atom. The predicted molar refractivity (Wildman–Crippen MR) is 89.6 cm³/mol. The van der Waals surface area contributed by atoms with E-state index in [1.165, 1.54) is 0 Å². The highest BCUT2D eigenvalue weighted by Gasteiger charge is 2.25. The van der Waals surface area contributed by atoms with Crippen LogP contribution in [0.25, 0.3) is 0 Å². The van der Waals surface area contributed by atoms with Crippen molar-refractivity contribution in [3.8, 4) is 0 Å². The summed E-state index contributed by atoms with van der Waals surface area (Å²) in [6.45, 7) is 9.07. The molecule has 20 heavy (non-hydrogen) atoms. The molecule has 0 aromatic heterocycles. The molecule has 2 N–H and O–H groups in total. The lowest BCUT2D eigenvalue weighted by Gasteiger charge is -2.21. The quantitative estimate of drug-likeness (QED) is 0.782. The van der Waals surface area contributed by atoms with Crippen molar-refractivity contribution in [1.82, 2.24) is 5.32 Å². The lowest BCUT2D eigenvalue weighted by molar-refractivity contribution is -0.131. The highest BCUT2D eigenvalue weighted by molar-refractivity contribution is 14.1. The number of amides is 2. The molecule has 4 nitrogen and oxygen atoms in total. The van der Waals surface area contributed by atoms with Gasteiger partial charge in [0.05, 0.1) is 0 Å². The molecule has 0 radical (unpaired) electrons. The number of rotatable bonds is 3. The van der Waals surface area contributed by atoms with Gasteiger partial charge in [-0.3, -0.25) is 9.59 Å². The Balaban J connectivity index is 2.69. The van der Waals surface area contributed by atoms with Crippen molar-refractivity contribution >= 4 is 40.1 Å². The molecule has 1 rings (SSSR count).